The molecule has 3 atom stereocenters. The number of carbonyl (C=O) groups excluding carboxylic acids is 1. The van der Waals surface area contributed by atoms with Crippen molar-refractivity contribution >= 4 is 34.6 Å². The van der Waals surface area contributed by atoms with Gasteiger partial charge in [-0.3, -0.25) is 14.5 Å². The normalized spacial score (nSPS) is 23.6. The van der Waals surface area contributed by atoms with Gasteiger partial charge in [-0.05, 0) is 37.0 Å². The zero-order chi connectivity index (χ0) is 30.0. The minimum absolute atomic E-state index is 0.0616. The number of piperidine rings is 1. The first-order valence-electron chi connectivity index (χ1n) is 15.4. The van der Waals surface area contributed by atoms with Crippen molar-refractivity contribution in [2.75, 3.05) is 60.6 Å². The third-order valence-electron chi connectivity index (χ3n) is 9.21. The average Bonchev–Trinajstić information content (AvgIpc) is 3.84. The summed E-state index contributed by atoms with van der Waals surface area (Å²) in [5, 5.41) is 8.26. The maximum atomic E-state index is 12.5. The largest absolute Gasteiger partial charge is 0.494 e. The van der Waals surface area contributed by atoms with Crippen LogP contribution < -0.4 is 25.3 Å². The third kappa shape index (κ3) is 5.70. The van der Waals surface area contributed by atoms with Gasteiger partial charge in [-0.15, -0.1) is 0 Å². The van der Waals surface area contributed by atoms with Crippen molar-refractivity contribution in [1.82, 2.24) is 14.9 Å². The Balaban J connectivity index is 1.12. The predicted octanol–water partition coefficient (Wildman–Crippen LogP) is 4.68. The highest BCUT2D eigenvalue weighted by atomic mass is 16.7. The molecule has 4 aliphatic heterocycles. The molecular weight excluding hydrogens is 558 g/mol. The van der Waals surface area contributed by atoms with Crippen molar-refractivity contribution in [2.45, 2.75) is 49.9 Å². The minimum Gasteiger partial charge on any atom is -0.494 e. The highest BCUT2D eigenvalue weighted by Crippen LogP contribution is 2.41. The third-order valence-corrected chi connectivity index (χ3v) is 9.21. The number of methoxy groups -OCH3 is 1. The molecule has 5 heterocycles. The molecule has 11 nitrogen and oxygen atoms in total. The lowest BCUT2D eigenvalue weighted by atomic mass is 10.0. The van der Waals surface area contributed by atoms with E-state index in [1.165, 1.54) is 18.0 Å². The topological polar surface area (TPSA) is 104 Å². The van der Waals surface area contributed by atoms with E-state index in [-0.39, 0.29) is 11.9 Å². The number of aromatic nitrogens is 2. The average molecular weight is 598 g/mol. The van der Waals surface area contributed by atoms with Gasteiger partial charge in [-0.25, -0.2) is 15.0 Å². The Bertz CT molecular complexity index is 1500. The molecule has 0 unspecified atom stereocenters. The second-order valence-corrected chi connectivity index (χ2v) is 11.8. The van der Waals surface area contributed by atoms with Crippen LogP contribution in [0.3, 0.4) is 0 Å². The first-order valence-corrected chi connectivity index (χ1v) is 15.4. The standard InChI is InChI=1S/C33H39N7O4/c1-3-33(41)37-26-16-27(36-31-18-32(35-21-34-31)40-28(11-14-44-40)22-7-5-4-6-8-22)30(42-2)17-29(26)38-12-9-23(10-13-38)39-19-25-15-24(39)20-43-25/h3-8,16-18,21,23-25,28H,1,9-15,19-20H2,2H3,(H,37,41)(H,34,35,36)/t24-,25-,28+/m0/s1. The lowest BCUT2D eigenvalue weighted by Crippen LogP contribution is -2.49. The van der Waals surface area contributed by atoms with E-state index in [1.807, 2.05) is 41.5 Å². The van der Waals surface area contributed by atoms with Crippen molar-refractivity contribution in [3.8, 4) is 5.75 Å². The van der Waals surface area contributed by atoms with Crippen molar-refractivity contribution in [3.05, 3.63) is 73.1 Å². The van der Waals surface area contributed by atoms with Crippen molar-refractivity contribution in [3.63, 3.8) is 0 Å². The molecule has 0 radical (unpaired) electrons. The van der Waals surface area contributed by atoms with Crippen LogP contribution in [0, 0.1) is 0 Å². The molecule has 2 N–H and O–H groups in total. The minimum atomic E-state index is -0.271. The molecule has 1 amide bonds. The Morgan fingerprint density at radius 1 is 1.07 bits per heavy atom. The van der Waals surface area contributed by atoms with Crippen LogP contribution in [0.2, 0.25) is 0 Å². The van der Waals surface area contributed by atoms with Gasteiger partial charge in [0.1, 0.15) is 17.9 Å². The number of hydroxylamine groups is 1. The number of rotatable bonds is 9. The van der Waals surface area contributed by atoms with Crippen LogP contribution in [-0.4, -0.2) is 78.9 Å². The number of ether oxygens (including phenoxy) is 2. The summed E-state index contributed by atoms with van der Waals surface area (Å²) in [6.07, 6.45) is 7.36. The molecule has 7 rings (SSSR count). The van der Waals surface area contributed by atoms with Crippen LogP contribution in [-0.2, 0) is 14.4 Å². The Hall–Kier alpha value is -4.19. The zero-order valence-corrected chi connectivity index (χ0v) is 25.0. The second kappa shape index (κ2) is 12.4. The molecule has 4 saturated heterocycles. The van der Waals surface area contributed by atoms with Gasteiger partial charge in [0.05, 0.1) is 49.5 Å². The lowest BCUT2D eigenvalue weighted by Gasteiger charge is -2.41. The number of hydrogen-bond acceptors (Lipinski definition) is 10. The molecule has 3 aromatic rings. The van der Waals surface area contributed by atoms with Gasteiger partial charge in [0.25, 0.3) is 0 Å². The molecule has 4 aliphatic rings. The SMILES string of the molecule is C=CC(=O)Nc1cc(Nc2cc(N3OCC[C@@H]3c3ccccc3)ncn2)c(OC)cc1N1CCC(N2C[C@@H]3C[C@H]2CO3)CC1. The summed E-state index contributed by atoms with van der Waals surface area (Å²) < 4.78 is 11.7. The van der Waals surface area contributed by atoms with E-state index in [0.29, 0.717) is 53.6 Å². The maximum absolute atomic E-state index is 12.5. The summed E-state index contributed by atoms with van der Waals surface area (Å²) in [6, 6.07) is 17.2. The Kier molecular flexibility index (Phi) is 8.07. The lowest BCUT2D eigenvalue weighted by molar-refractivity contribution is -0.111. The van der Waals surface area contributed by atoms with Gasteiger partial charge < -0.3 is 25.0 Å². The van der Waals surface area contributed by atoms with Crippen molar-refractivity contribution < 1.29 is 19.1 Å². The Morgan fingerprint density at radius 3 is 2.64 bits per heavy atom. The van der Waals surface area contributed by atoms with Gasteiger partial charge in [0, 0.05) is 50.3 Å². The molecule has 0 spiro atoms. The number of likely N-dealkylation sites (tertiary alicyclic amines) is 1. The number of hydrogen-bond donors (Lipinski definition) is 2. The fourth-order valence-corrected chi connectivity index (χ4v) is 7.04. The smallest absolute Gasteiger partial charge is 0.247 e. The molecule has 0 saturated carbocycles. The highest BCUT2D eigenvalue weighted by Gasteiger charge is 2.42. The number of fused-ring (bicyclic) bond motifs is 2. The number of anilines is 5. The molecular formula is C33H39N7O4. The molecule has 4 fully saturated rings. The fraction of sp³-hybridized carbons (Fsp3) is 0.424. The van der Waals surface area contributed by atoms with Crippen LogP contribution in [0.25, 0.3) is 0 Å². The summed E-state index contributed by atoms with van der Waals surface area (Å²) >= 11 is 0. The van der Waals surface area contributed by atoms with Gasteiger partial charge in [0.2, 0.25) is 5.91 Å². The number of carbonyl (C=O) groups is 1. The number of nitrogens with zero attached hydrogens (tertiary/aromatic N) is 5. The van der Waals surface area contributed by atoms with Crippen LogP contribution in [0.1, 0.15) is 37.3 Å². The molecule has 2 aromatic carbocycles. The van der Waals surface area contributed by atoms with E-state index in [0.717, 1.165) is 57.6 Å². The van der Waals surface area contributed by atoms with Gasteiger partial charge >= 0.3 is 0 Å². The predicted molar refractivity (Wildman–Crippen MR) is 169 cm³/mol. The quantitative estimate of drug-likeness (QED) is 0.338. The first-order chi connectivity index (χ1) is 21.6. The van der Waals surface area contributed by atoms with Gasteiger partial charge in [-0.1, -0.05) is 36.9 Å². The summed E-state index contributed by atoms with van der Waals surface area (Å²) in [7, 11) is 1.65. The van der Waals surface area contributed by atoms with Crippen LogP contribution in [0.15, 0.2) is 67.5 Å². The van der Waals surface area contributed by atoms with E-state index in [9.17, 15) is 4.79 Å². The summed E-state index contributed by atoms with van der Waals surface area (Å²) in [5.74, 6) is 1.61. The number of amides is 1. The Labute approximate surface area is 257 Å². The van der Waals surface area contributed by atoms with Crippen molar-refractivity contribution in [1.29, 1.82) is 0 Å². The zero-order valence-electron chi connectivity index (χ0n) is 25.0. The summed E-state index contributed by atoms with van der Waals surface area (Å²) in [5.41, 5.74) is 3.45. The number of morpholine rings is 1. The second-order valence-electron chi connectivity index (χ2n) is 11.8. The number of nitrogens with one attached hydrogen (secondary N) is 2. The monoisotopic (exact) mass is 597 g/mol. The summed E-state index contributed by atoms with van der Waals surface area (Å²) in [4.78, 5) is 32.5. The number of benzene rings is 2. The highest BCUT2D eigenvalue weighted by molar-refractivity contribution is 6.02. The van der Waals surface area contributed by atoms with E-state index >= 15 is 0 Å². The molecule has 2 bridgehead atoms. The van der Waals surface area contributed by atoms with Gasteiger partial charge in [0.15, 0.2) is 5.82 Å². The summed E-state index contributed by atoms with van der Waals surface area (Å²) in [6.45, 7) is 7.95. The molecule has 44 heavy (non-hydrogen) atoms. The fourth-order valence-electron chi connectivity index (χ4n) is 7.04. The molecule has 230 valence electrons. The van der Waals surface area contributed by atoms with E-state index < -0.39 is 0 Å². The van der Waals surface area contributed by atoms with Gasteiger partial charge in [-0.2, -0.15) is 0 Å². The van der Waals surface area contributed by atoms with Crippen LogP contribution in [0.5, 0.6) is 5.75 Å². The van der Waals surface area contributed by atoms with Crippen LogP contribution >= 0.6 is 0 Å². The van der Waals surface area contributed by atoms with Crippen LogP contribution in [0.4, 0.5) is 28.7 Å². The van der Waals surface area contributed by atoms with E-state index in [4.69, 9.17) is 14.3 Å². The maximum Gasteiger partial charge on any atom is 0.247 e. The van der Waals surface area contributed by atoms with E-state index in [2.05, 4.69) is 49.1 Å². The van der Waals surface area contributed by atoms with Crippen molar-refractivity contribution in [2.24, 2.45) is 0 Å². The van der Waals surface area contributed by atoms with E-state index in [1.54, 1.807) is 7.11 Å². The molecule has 1 aromatic heterocycles. The molecule has 11 heteroatoms. The Morgan fingerprint density at radius 2 is 1.91 bits per heavy atom. The first kappa shape index (κ1) is 28.6. The molecule has 0 aliphatic carbocycles.